The molecular weight excluding hydrogens is 332 g/mol. The predicted molar refractivity (Wildman–Crippen MR) is 94.7 cm³/mol. The molecule has 2 aromatic carbocycles. The summed E-state index contributed by atoms with van der Waals surface area (Å²) < 4.78 is 4.59. The van der Waals surface area contributed by atoms with Crippen molar-refractivity contribution < 1.29 is 19.4 Å². The molecule has 0 aliphatic carbocycles. The number of benzene rings is 2. The quantitative estimate of drug-likeness (QED) is 0.655. The highest BCUT2D eigenvalue weighted by Gasteiger charge is 2.04. The summed E-state index contributed by atoms with van der Waals surface area (Å²) in [4.78, 5) is 23.6. The van der Waals surface area contributed by atoms with Crippen LogP contribution in [0.15, 0.2) is 58.3 Å². The van der Waals surface area contributed by atoms with Crippen molar-refractivity contribution in [1.29, 1.82) is 0 Å². The molecule has 2 rings (SSSR count). The number of esters is 1. The van der Waals surface area contributed by atoms with E-state index in [0.717, 1.165) is 9.79 Å². The van der Waals surface area contributed by atoms with E-state index in [0.29, 0.717) is 11.1 Å². The average Bonchev–Trinajstić information content (AvgIpc) is 2.61. The van der Waals surface area contributed by atoms with Crippen molar-refractivity contribution >= 4 is 35.5 Å². The second kappa shape index (κ2) is 9.97. The first-order valence-corrected chi connectivity index (χ1v) is 9.06. The highest BCUT2D eigenvalue weighted by atomic mass is 32.2. The van der Waals surface area contributed by atoms with Crippen LogP contribution >= 0.6 is 23.5 Å². The number of thioether (sulfide) groups is 2. The molecule has 0 atom stereocenters. The third-order valence-electron chi connectivity index (χ3n) is 2.81. The van der Waals surface area contributed by atoms with Crippen molar-refractivity contribution in [2.75, 3.05) is 19.6 Å². The summed E-state index contributed by atoms with van der Waals surface area (Å²) in [6.07, 6.45) is 3.89. The lowest BCUT2D eigenvalue weighted by atomic mass is 10.2. The van der Waals surface area contributed by atoms with Crippen LogP contribution in [-0.4, -0.2) is 36.7 Å². The van der Waals surface area contributed by atoms with Crippen molar-refractivity contribution in [3.8, 4) is 0 Å². The highest BCUT2D eigenvalue weighted by Crippen LogP contribution is 2.16. The Morgan fingerprint density at radius 1 is 0.913 bits per heavy atom. The SMILES string of the molecule is COC(=O)c1cccc(SC)c1.CSc1cccc(C(=O)O)c1. The van der Waals surface area contributed by atoms with Gasteiger partial charge in [-0.05, 0) is 48.9 Å². The Balaban J connectivity index is 0.000000231. The third-order valence-corrected chi connectivity index (χ3v) is 4.26. The average molecular weight is 350 g/mol. The molecule has 2 aromatic rings. The van der Waals surface area contributed by atoms with E-state index in [1.165, 1.54) is 18.9 Å². The number of rotatable bonds is 4. The molecule has 1 N–H and O–H groups in total. The first-order chi connectivity index (χ1) is 11.0. The summed E-state index contributed by atoms with van der Waals surface area (Å²) in [5, 5.41) is 8.60. The maximum Gasteiger partial charge on any atom is 0.337 e. The molecule has 0 unspecified atom stereocenters. The molecule has 0 saturated carbocycles. The molecule has 0 spiro atoms. The van der Waals surface area contributed by atoms with Crippen LogP contribution in [-0.2, 0) is 4.74 Å². The molecule has 0 amide bonds. The van der Waals surface area contributed by atoms with Crippen LogP contribution in [0.5, 0.6) is 0 Å². The van der Waals surface area contributed by atoms with E-state index in [9.17, 15) is 9.59 Å². The number of hydrogen-bond donors (Lipinski definition) is 1. The molecule has 0 heterocycles. The second-order valence-corrected chi connectivity index (χ2v) is 6.02. The van der Waals surface area contributed by atoms with Gasteiger partial charge in [0.1, 0.15) is 0 Å². The number of carboxylic acid groups (broad SMARTS) is 1. The molecule has 4 nitrogen and oxygen atoms in total. The first kappa shape index (κ1) is 19.1. The maximum absolute atomic E-state index is 11.1. The number of carbonyl (C=O) groups excluding carboxylic acids is 1. The van der Waals surface area contributed by atoms with Gasteiger partial charge in [-0.25, -0.2) is 9.59 Å². The maximum atomic E-state index is 11.1. The molecule has 0 fully saturated rings. The zero-order valence-corrected chi connectivity index (χ0v) is 14.7. The van der Waals surface area contributed by atoms with Gasteiger partial charge in [0.25, 0.3) is 0 Å². The van der Waals surface area contributed by atoms with Gasteiger partial charge in [0.2, 0.25) is 0 Å². The number of aromatic carboxylic acids is 1. The van der Waals surface area contributed by atoms with E-state index in [1.807, 2.05) is 36.8 Å². The Morgan fingerprint density at radius 3 is 1.83 bits per heavy atom. The van der Waals surface area contributed by atoms with E-state index in [4.69, 9.17) is 5.11 Å². The molecule has 122 valence electrons. The van der Waals surface area contributed by atoms with E-state index in [2.05, 4.69) is 4.74 Å². The Bertz CT molecular complexity index is 671. The number of hydrogen-bond acceptors (Lipinski definition) is 5. The standard InChI is InChI=1S/C9H10O2S.C8H8O2S/c1-11-9(10)7-4-3-5-8(6-7)12-2;1-11-7-4-2-3-6(5-7)8(9)10/h3-6H,1-2H3;2-5H,1H3,(H,9,10). The van der Waals surface area contributed by atoms with Crippen molar-refractivity contribution in [2.45, 2.75) is 9.79 Å². The van der Waals surface area contributed by atoms with Crippen molar-refractivity contribution in [3.63, 3.8) is 0 Å². The summed E-state index contributed by atoms with van der Waals surface area (Å²) >= 11 is 3.14. The Morgan fingerprint density at radius 2 is 1.39 bits per heavy atom. The number of carboxylic acids is 1. The van der Waals surface area contributed by atoms with E-state index in [-0.39, 0.29) is 5.97 Å². The molecule has 0 aliphatic rings. The topological polar surface area (TPSA) is 63.6 Å². The predicted octanol–water partition coefficient (Wildman–Crippen LogP) is 4.30. The smallest absolute Gasteiger partial charge is 0.337 e. The van der Waals surface area contributed by atoms with Gasteiger partial charge in [0.15, 0.2) is 0 Å². The number of methoxy groups -OCH3 is 1. The van der Waals surface area contributed by atoms with Crippen LogP contribution in [0, 0.1) is 0 Å². The van der Waals surface area contributed by atoms with Crippen molar-refractivity contribution in [1.82, 2.24) is 0 Å². The molecule has 0 aliphatic heterocycles. The lowest BCUT2D eigenvalue weighted by Gasteiger charge is -2.00. The fourth-order valence-corrected chi connectivity index (χ4v) is 2.54. The van der Waals surface area contributed by atoms with E-state index >= 15 is 0 Å². The van der Waals surface area contributed by atoms with Gasteiger partial charge >= 0.3 is 11.9 Å². The van der Waals surface area contributed by atoms with Gasteiger partial charge in [0.05, 0.1) is 18.2 Å². The van der Waals surface area contributed by atoms with Gasteiger partial charge in [-0.3, -0.25) is 0 Å². The van der Waals surface area contributed by atoms with Crippen LogP contribution in [0.25, 0.3) is 0 Å². The number of ether oxygens (including phenoxy) is 1. The van der Waals surface area contributed by atoms with Crippen molar-refractivity contribution in [2.24, 2.45) is 0 Å². The lowest BCUT2D eigenvalue weighted by molar-refractivity contribution is 0.0599. The molecule has 6 heteroatoms. The summed E-state index contributed by atoms with van der Waals surface area (Å²) in [5.74, 6) is -1.16. The normalized spacial score (nSPS) is 9.52. The van der Waals surface area contributed by atoms with Crippen LogP contribution in [0.3, 0.4) is 0 Å². The minimum atomic E-state index is -0.874. The van der Waals surface area contributed by atoms with Gasteiger partial charge in [0, 0.05) is 9.79 Å². The summed E-state index contributed by atoms with van der Waals surface area (Å²) in [6.45, 7) is 0. The zero-order chi connectivity index (χ0) is 17.2. The highest BCUT2D eigenvalue weighted by molar-refractivity contribution is 7.98. The molecule has 0 bridgehead atoms. The fourth-order valence-electron chi connectivity index (χ4n) is 1.62. The minimum Gasteiger partial charge on any atom is -0.478 e. The number of carbonyl (C=O) groups is 2. The third kappa shape index (κ3) is 6.38. The van der Waals surface area contributed by atoms with Gasteiger partial charge in [-0.15, -0.1) is 23.5 Å². The Hall–Kier alpha value is -1.92. The summed E-state index contributed by atoms with van der Waals surface area (Å²) in [6, 6.07) is 14.2. The summed E-state index contributed by atoms with van der Waals surface area (Å²) in [7, 11) is 1.38. The molecule has 0 radical (unpaired) electrons. The van der Waals surface area contributed by atoms with Crippen LogP contribution in [0.2, 0.25) is 0 Å². The van der Waals surface area contributed by atoms with Gasteiger partial charge in [-0.2, -0.15) is 0 Å². The Labute approximate surface area is 144 Å². The monoisotopic (exact) mass is 350 g/mol. The minimum absolute atomic E-state index is 0.286. The Kier molecular flexibility index (Phi) is 8.29. The molecule has 0 aromatic heterocycles. The first-order valence-electron chi connectivity index (χ1n) is 6.61. The van der Waals surface area contributed by atoms with E-state index < -0.39 is 5.97 Å². The van der Waals surface area contributed by atoms with Gasteiger partial charge in [-0.1, -0.05) is 12.1 Å². The zero-order valence-electron chi connectivity index (χ0n) is 13.1. The lowest BCUT2D eigenvalue weighted by Crippen LogP contribution is -2.00. The van der Waals surface area contributed by atoms with Crippen LogP contribution in [0.1, 0.15) is 20.7 Å². The van der Waals surface area contributed by atoms with Crippen LogP contribution < -0.4 is 0 Å². The molecule has 0 saturated heterocycles. The van der Waals surface area contributed by atoms with Crippen LogP contribution in [0.4, 0.5) is 0 Å². The van der Waals surface area contributed by atoms with Crippen molar-refractivity contribution in [3.05, 3.63) is 59.7 Å². The summed E-state index contributed by atoms with van der Waals surface area (Å²) in [5.41, 5.74) is 0.946. The fraction of sp³-hybridized carbons (Fsp3) is 0.176. The van der Waals surface area contributed by atoms with Gasteiger partial charge < -0.3 is 9.84 Å². The largest absolute Gasteiger partial charge is 0.478 e. The molecule has 23 heavy (non-hydrogen) atoms. The molecular formula is C17H18O4S2. The van der Waals surface area contributed by atoms with E-state index in [1.54, 1.807) is 36.0 Å². The second-order valence-electron chi connectivity index (χ2n) is 4.26.